The minimum atomic E-state index is -0.230. The Morgan fingerprint density at radius 1 is 1.00 bits per heavy atom. The van der Waals surface area contributed by atoms with Gasteiger partial charge in [-0.2, -0.15) is 0 Å². The largest absolute Gasteiger partial charge is 0.857 e. The number of nitrogens with zero attached hydrogens (tertiary/aromatic N) is 3. The molecule has 1 aromatic heterocycles. The van der Waals surface area contributed by atoms with E-state index >= 15 is 0 Å². The van der Waals surface area contributed by atoms with E-state index in [1.54, 1.807) is 4.68 Å². The van der Waals surface area contributed by atoms with Crippen LogP contribution < -0.4 is 9.78 Å². The molecule has 3 aromatic carbocycles. The van der Waals surface area contributed by atoms with Crippen LogP contribution in [0.15, 0.2) is 65.8 Å². The first-order valence-corrected chi connectivity index (χ1v) is 9.08. The smallest absolute Gasteiger partial charge is 0.272 e. The Bertz CT molecular complexity index is 1200. The van der Waals surface area contributed by atoms with Gasteiger partial charge < -0.3 is 5.11 Å². The van der Waals surface area contributed by atoms with Crippen molar-refractivity contribution in [2.45, 2.75) is 0 Å². The lowest BCUT2D eigenvalue weighted by atomic mass is 10.0. The van der Waals surface area contributed by atoms with E-state index in [1.165, 1.54) is 0 Å². The van der Waals surface area contributed by atoms with Crippen molar-refractivity contribution in [3.8, 4) is 22.5 Å². The van der Waals surface area contributed by atoms with Gasteiger partial charge in [-0.25, -0.2) is 4.98 Å². The monoisotopic (exact) mass is 389 g/mol. The van der Waals surface area contributed by atoms with Crippen molar-refractivity contribution in [2.75, 3.05) is 5.33 Å². The second kappa shape index (κ2) is 5.36. The number of benzene rings is 3. The molecule has 0 spiro atoms. The molecular weight excluding hydrogens is 378 g/mol. The highest BCUT2D eigenvalue weighted by atomic mass is 79.9. The first-order valence-electron chi connectivity index (χ1n) is 7.96. The molecule has 1 aliphatic rings. The molecule has 0 unspecified atom stereocenters. The summed E-state index contributed by atoms with van der Waals surface area (Å²) in [6.07, 6.45) is 0. The van der Waals surface area contributed by atoms with Crippen molar-refractivity contribution >= 4 is 43.6 Å². The molecule has 5 heteroatoms. The van der Waals surface area contributed by atoms with Crippen LogP contribution in [0.1, 0.15) is 0 Å². The van der Waals surface area contributed by atoms with Crippen LogP contribution in [0.25, 0.3) is 44.3 Å². The fraction of sp³-hybridized carbons (Fsp3) is 0.0500. The average Bonchev–Trinajstić information content (AvgIpc) is 2.97. The molecule has 0 fully saturated rings. The minimum absolute atomic E-state index is 0.183. The van der Waals surface area contributed by atoms with Gasteiger partial charge >= 0.3 is 0 Å². The number of halogens is 1. The zero-order valence-electron chi connectivity index (χ0n) is 13.1. The van der Waals surface area contributed by atoms with E-state index < -0.39 is 0 Å². The van der Waals surface area contributed by atoms with Crippen LogP contribution in [-0.2, 0) is 0 Å². The SMILES string of the molecule is [O-]/C(CBr)=N\[n+]1c2c(nc3ccccc31)-c1cccc3cccc-2c13. The van der Waals surface area contributed by atoms with E-state index in [0.29, 0.717) is 0 Å². The summed E-state index contributed by atoms with van der Waals surface area (Å²) in [6.45, 7) is 0. The van der Waals surface area contributed by atoms with Gasteiger partial charge in [-0.15, -0.1) is 0 Å². The molecule has 0 atom stereocenters. The summed E-state index contributed by atoms with van der Waals surface area (Å²) in [5.74, 6) is -0.230. The molecule has 0 saturated heterocycles. The third kappa shape index (κ3) is 2.02. The summed E-state index contributed by atoms with van der Waals surface area (Å²) in [4.78, 5) is 4.89. The van der Waals surface area contributed by atoms with Crippen LogP contribution in [0.5, 0.6) is 0 Å². The zero-order valence-corrected chi connectivity index (χ0v) is 14.7. The standard InChI is InChI=1S/C20H12BrN3O/c21-11-17(25)23-24-16-10-2-1-9-15(16)22-19-13-7-3-5-12-6-4-8-14(18(12)13)20(19)24/h1-10H,11H2. The molecule has 25 heavy (non-hydrogen) atoms. The second-order valence-corrected chi connectivity index (χ2v) is 6.51. The Morgan fingerprint density at radius 3 is 2.56 bits per heavy atom. The summed E-state index contributed by atoms with van der Waals surface area (Å²) in [5, 5.41) is 18.9. The van der Waals surface area contributed by atoms with E-state index in [4.69, 9.17) is 4.98 Å². The highest BCUT2D eigenvalue weighted by Gasteiger charge is 2.33. The van der Waals surface area contributed by atoms with Crippen molar-refractivity contribution in [3.63, 3.8) is 0 Å². The Labute approximate surface area is 152 Å². The second-order valence-electron chi connectivity index (χ2n) is 5.95. The van der Waals surface area contributed by atoms with Crippen molar-refractivity contribution in [1.29, 1.82) is 0 Å². The zero-order chi connectivity index (χ0) is 17.0. The number of alkyl halides is 1. The van der Waals surface area contributed by atoms with Gasteiger partial charge in [0.2, 0.25) is 0 Å². The molecule has 0 N–H and O–H groups in total. The normalized spacial score (nSPS) is 12.8. The summed E-state index contributed by atoms with van der Waals surface area (Å²) in [5.41, 5.74) is 5.53. The molecule has 120 valence electrons. The van der Waals surface area contributed by atoms with Gasteiger partial charge in [0.25, 0.3) is 11.2 Å². The van der Waals surface area contributed by atoms with Gasteiger partial charge in [-0.1, -0.05) is 58.4 Å². The van der Waals surface area contributed by atoms with E-state index in [-0.39, 0.29) is 11.2 Å². The number of rotatable bonds is 2. The summed E-state index contributed by atoms with van der Waals surface area (Å²) in [7, 11) is 0. The maximum absolute atomic E-state index is 12.1. The fourth-order valence-corrected chi connectivity index (χ4v) is 3.65. The molecule has 0 saturated carbocycles. The first kappa shape index (κ1) is 14.5. The molecule has 0 aliphatic heterocycles. The van der Waals surface area contributed by atoms with Gasteiger partial charge in [0, 0.05) is 28.2 Å². The van der Waals surface area contributed by atoms with Crippen molar-refractivity contribution in [2.24, 2.45) is 5.10 Å². The Kier molecular flexibility index (Phi) is 3.12. The van der Waals surface area contributed by atoms with E-state index in [2.05, 4.69) is 45.3 Å². The predicted octanol–water partition coefficient (Wildman–Crippen LogP) is 3.24. The molecule has 4 aromatic rings. The number of para-hydroxylation sites is 2. The highest BCUT2D eigenvalue weighted by molar-refractivity contribution is 9.09. The van der Waals surface area contributed by atoms with E-state index in [1.807, 2.05) is 36.4 Å². The van der Waals surface area contributed by atoms with E-state index in [9.17, 15) is 5.11 Å². The molecule has 0 amide bonds. The molecule has 0 bridgehead atoms. The number of hydrogen-bond donors (Lipinski definition) is 0. The Balaban J connectivity index is 2.00. The molecule has 4 nitrogen and oxygen atoms in total. The molecule has 1 heterocycles. The number of fused-ring (bicyclic) bond motifs is 4. The Morgan fingerprint density at radius 2 is 1.76 bits per heavy atom. The summed E-state index contributed by atoms with van der Waals surface area (Å²) >= 11 is 3.20. The quantitative estimate of drug-likeness (QED) is 0.201. The van der Waals surface area contributed by atoms with Crippen molar-refractivity contribution in [3.05, 3.63) is 60.7 Å². The third-order valence-corrected chi connectivity index (χ3v) is 5.00. The minimum Gasteiger partial charge on any atom is -0.857 e. The van der Waals surface area contributed by atoms with Gasteiger partial charge in [0.05, 0.1) is 5.56 Å². The van der Waals surface area contributed by atoms with Gasteiger partial charge in [-0.3, -0.25) is 0 Å². The van der Waals surface area contributed by atoms with Crippen molar-refractivity contribution < 1.29 is 9.78 Å². The van der Waals surface area contributed by atoms with Gasteiger partial charge in [-0.05, 0) is 27.3 Å². The fourth-order valence-electron chi connectivity index (χ4n) is 3.54. The number of aromatic nitrogens is 2. The van der Waals surface area contributed by atoms with Crippen LogP contribution in [0.3, 0.4) is 0 Å². The van der Waals surface area contributed by atoms with Crippen LogP contribution in [0, 0.1) is 0 Å². The topological polar surface area (TPSA) is 52.2 Å². The molecule has 0 radical (unpaired) electrons. The average molecular weight is 390 g/mol. The lowest BCUT2D eigenvalue weighted by Crippen LogP contribution is -2.37. The van der Waals surface area contributed by atoms with Crippen LogP contribution >= 0.6 is 15.9 Å². The van der Waals surface area contributed by atoms with Gasteiger partial charge in [0.15, 0.2) is 0 Å². The third-order valence-electron chi connectivity index (χ3n) is 4.52. The summed E-state index contributed by atoms with van der Waals surface area (Å²) in [6, 6.07) is 20.2. The Hall–Kier alpha value is -2.79. The van der Waals surface area contributed by atoms with E-state index in [0.717, 1.165) is 44.3 Å². The predicted molar refractivity (Wildman–Crippen MR) is 101 cm³/mol. The first-order chi connectivity index (χ1) is 12.3. The lowest BCUT2D eigenvalue weighted by molar-refractivity contribution is -0.644. The van der Waals surface area contributed by atoms with Crippen LogP contribution in [-0.4, -0.2) is 16.2 Å². The van der Waals surface area contributed by atoms with Crippen LogP contribution in [0.2, 0.25) is 0 Å². The molecular formula is C20H12BrN3O. The highest BCUT2D eigenvalue weighted by Crippen LogP contribution is 2.44. The summed E-state index contributed by atoms with van der Waals surface area (Å²) < 4.78 is 1.75. The lowest BCUT2D eigenvalue weighted by Gasteiger charge is -2.06. The molecule has 5 rings (SSSR count). The number of hydrogen-bond acceptors (Lipinski definition) is 3. The maximum Gasteiger partial charge on any atom is 0.272 e. The van der Waals surface area contributed by atoms with Crippen LogP contribution in [0.4, 0.5) is 0 Å². The maximum atomic E-state index is 12.1. The van der Waals surface area contributed by atoms with Gasteiger partial charge in [0.1, 0.15) is 11.2 Å². The van der Waals surface area contributed by atoms with Crippen molar-refractivity contribution in [1.82, 2.24) is 4.98 Å². The molecule has 1 aliphatic carbocycles.